The highest BCUT2D eigenvalue weighted by atomic mass is 32.2. The number of amides is 2. The molecule has 0 unspecified atom stereocenters. The van der Waals surface area contributed by atoms with Crippen LogP contribution in [0.15, 0.2) is 53.4 Å². The molecule has 0 spiro atoms. The quantitative estimate of drug-likeness (QED) is 0.645. The molecule has 5 nitrogen and oxygen atoms in total. The van der Waals surface area contributed by atoms with Gasteiger partial charge in [0.05, 0.1) is 12.0 Å². The molecule has 0 atom stereocenters. The molecule has 0 aliphatic carbocycles. The van der Waals surface area contributed by atoms with Gasteiger partial charge in [0, 0.05) is 5.56 Å². The molecule has 0 aromatic heterocycles. The van der Waals surface area contributed by atoms with Crippen LogP contribution >= 0.6 is 24.0 Å². The Balaban J connectivity index is 1.74. The lowest BCUT2D eigenvalue weighted by atomic mass is 10.1. The Morgan fingerprint density at radius 1 is 1.15 bits per heavy atom. The molecule has 2 aromatic rings. The summed E-state index contributed by atoms with van der Waals surface area (Å²) in [6.07, 6.45) is 1.76. The molecular formula is C19H16N2O3S2. The average molecular weight is 384 g/mol. The number of hydrogen-bond donors (Lipinski definition) is 1. The zero-order valence-corrected chi connectivity index (χ0v) is 15.8. The zero-order chi connectivity index (χ0) is 18.7. The molecule has 132 valence electrons. The molecule has 2 amide bonds. The molecule has 1 fully saturated rings. The molecule has 1 N–H and O–H groups in total. The minimum Gasteiger partial charge on any atom is -0.497 e. The van der Waals surface area contributed by atoms with E-state index in [1.165, 1.54) is 0 Å². The van der Waals surface area contributed by atoms with E-state index in [9.17, 15) is 9.59 Å². The van der Waals surface area contributed by atoms with Crippen molar-refractivity contribution < 1.29 is 14.3 Å². The Morgan fingerprint density at radius 2 is 1.81 bits per heavy atom. The minimum absolute atomic E-state index is 0.287. The van der Waals surface area contributed by atoms with Crippen LogP contribution in [0, 0.1) is 6.92 Å². The predicted octanol–water partition coefficient (Wildman–Crippen LogP) is 3.55. The summed E-state index contributed by atoms with van der Waals surface area (Å²) in [5, 5.41) is 1.10. The molecule has 0 bridgehead atoms. The van der Waals surface area contributed by atoms with Crippen molar-refractivity contribution in [1.29, 1.82) is 0 Å². The Morgan fingerprint density at radius 3 is 2.42 bits per heavy atom. The third-order valence-electron chi connectivity index (χ3n) is 3.73. The summed E-state index contributed by atoms with van der Waals surface area (Å²) >= 11 is 6.39. The smallest absolute Gasteiger partial charge is 0.285 e. The van der Waals surface area contributed by atoms with Crippen LogP contribution in [0.5, 0.6) is 5.75 Å². The minimum atomic E-state index is -0.416. The second-order valence-corrected chi connectivity index (χ2v) is 7.27. The van der Waals surface area contributed by atoms with Crippen molar-refractivity contribution in [2.45, 2.75) is 6.92 Å². The van der Waals surface area contributed by atoms with Gasteiger partial charge in [0.25, 0.3) is 11.8 Å². The second-order valence-electron chi connectivity index (χ2n) is 5.60. The summed E-state index contributed by atoms with van der Waals surface area (Å²) in [5.74, 6) is -0.115. The highest BCUT2D eigenvalue weighted by Crippen LogP contribution is 2.31. The molecule has 0 radical (unpaired) electrons. The molecule has 1 aliphatic rings. The van der Waals surface area contributed by atoms with Gasteiger partial charge in [-0.1, -0.05) is 41.6 Å². The third kappa shape index (κ3) is 3.95. The molecule has 1 aliphatic heterocycles. The largest absolute Gasteiger partial charge is 0.497 e. The fourth-order valence-electron chi connectivity index (χ4n) is 2.29. The van der Waals surface area contributed by atoms with Gasteiger partial charge in [-0.25, -0.2) is 0 Å². The van der Waals surface area contributed by atoms with E-state index >= 15 is 0 Å². The van der Waals surface area contributed by atoms with E-state index in [1.807, 2.05) is 31.2 Å². The van der Waals surface area contributed by atoms with Crippen molar-refractivity contribution >= 4 is 46.2 Å². The van der Waals surface area contributed by atoms with Gasteiger partial charge in [-0.3, -0.25) is 15.0 Å². The van der Waals surface area contributed by atoms with E-state index in [0.717, 1.165) is 27.9 Å². The van der Waals surface area contributed by atoms with Crippen LogP contribution in [0.25, 0.3) is 6.08 Å². The third-order valence-corrected chi connectivity index (χ3v) is 5.04. The summed E-state index contributed by atoms with van der Waals surface area (Å²) in [6.45, 7) is 2.00. The normalized spacial score (nSPS) is 15.5. The van der Waals surface area contributed by atoms with Crippen molar-refractivity contribution in [3.8, 4) is 5.75 Å². The number of nitrogens with zero attached hydrogens (tertiary/aromatic N) is 1. The number of carbonyl (C=O) groups is 2. The number of benzene rings is 2. The summed E-state index contributed by atoms with van der Waals surface area (Å²) in [7, 11) is 1.55. The van der Waals surface area contributed by atoms with Crippen molar-refractivity contribution in [1.82, 2.24) is 10.4 Å². The molecule has 1 saturated heterocycles. The fraction of sp³-hybridized carbons (Fsp3) is 0.105. The topological polar surface area (TPSA) is 58.6 Å². The number of thioether (sulfide) groups is 1. The Bertz CT molecular complexity index is 890. The van der Waals surface area contributed by atoms with Crippen molar-refractivity contribution in [3.63, 3.8) is 0 Å². The van der Waals surface area contributed by atoms with E-state index < -0.39 is 5.91 Å². The van der Waals surface area contributed by atoms with E-state index in [2.05, 4.69) is 5.43 Å². The van der Waals surface area contributed by atoms with E-state index in [0.29, 0.717) is 16.2 Å². The number of methoxy groups -OCH3 is 1. The monoisotopic (exact) mass is 384 g/mol. The summed E-state index contributed by atoms with van der Waals surface area (Å²) in [4.78, 5) is 25.4. The fourth-order valence-corrected chi connectivity index (χ4v) is 3.47. The van der Waals surface area contributed by atoms with Gasteiger partial charge in [0.2, 0.25) is 0 Å². The van der Waals surface area contributed by atoms with Gasteiger partial charge >= 0.3 is 0 Å². The first-order valence-corrected chi connectivity index (χ1v) is 9.00. The first-order chi connectivity index (χ1) is 12.5. The maximum Gasteiger partial charge on any atom is 0.285 e. The predicted molar refractivity (Wildman–Crippen MR) is 107 cm³/mol. The number of thiocarbonyl (C=S) groups is 1. The lowest BCUT2D eigenvalue weighted by molar-refractivity contribution is -0.123. The van der Waals surface area contributed by atoms with Crippen LogP contribution in [-0.4, -0.2) is 28.3 Å². The van der Waals surface area contributed by atoms with Crippen LogP contribution in [0.3, 0.4) is 0 Å². The van der Waals surface area contributed by atoms with Gasteiger partial charge in [-0.05, 0) is 55.0 Å². The summed E-state index contributed by atoms with van der Waals surface area (Å²) < 4.78 is 5.35. The Kier molecular flexibility index (Phi) is 5.39. The van der Waals surface area contributed by atoms with E-state index in [4.69, 9.17) is 17.0 Å². The van der Waals surface area contributed by atoms with Gasteiger partial charge in [-0.2, -0.15) is 5.01 Å². The second kappa shape index (κ2) is 7.72. The van der Waals surface area contributed by atoms with Gasteiger partial charge in [-0.15, -0.1) is 0 Å². The summed E-state index contributed by atoms with van der Waals surface area (Å²) in [5.41, 5.74) is 5.00. The highest BCUT2D eigenvalue weighted by Gasteiger charge is 2.33. The molecule has 2 aromatic carbocycles. The van der Waals surface area contributed by atoms with E-state index in [-0.39, 0.29) is 10.2 Å². The van der Waals surface area contributed by atoms with Crippen molar-refractivity contribution in [2.24, 2.45) is 0 Å². The van der Waals surface area contributed by atoms with Gasteiger partial charge in [0.15, 0.2) is 4.32 Å². The first-order valence-electron chi connectivity index (χ1n) is 7.77. The number of rotatable bonds is 4. The van der Waals surface area contributed by atoms with E-state index in [1.54, 1.807) is 37.5 Å². The SMILES string of the molecule is COc1ccc(C(=O)NN2C(=O)C(=Cc3ccc(C)cc3)SC2=S)cc1. The van der Waals surface area contributed by atoms with Crippen LogP contribution in [0.1, 0.15) is 21.5 Å². The van der Waals surface area contributed by atoms with Crippen molar-refractivity contribution in [3.05, 3.63) is 70.1 Å². The number of hydrazine groups is 1. The Labute approximate surface area is 161 Å². The van der Waals surface area contributed by atoms with Crippen LogP contribution in [0.2, 0.25) is 0 Å². The lowest BCUT2D eigenvalue weighted by Gasteiger charge is -2.15. The number of ether oxygens (including phenoxy) is 1. The molecule has 7 heteroatoms. The maximum atomic E-state index is 12.6. The van der Waals surface area contributed by atoms with Crippen LogP contribution in [-0.2, 0) is 4.79 Å². The standard InChI is InChI=1S/C19H16N2O3S2/c1-12-3-5-13(6-4-12)11-16-18(23)21(19(25)26-16)20-17(22)14-7-9-15(24-2)10-8-14/h3-11H,1-2H3,(H,20,22). The molecule has 3 rings (SSSR count). The maximum absolute atomic E-state index is 12.6. The van der Waals surface area contributed by atoms with Crippen LogP contribution in [0.4, 0.5) is 0 Å². The van der Waals surface area contributed by atoms with Crippen LogP contribution < -0.4 is 10.2 Å². The summed E-state index contributed by atoms with van der Waals surface area (Å²) in [6, 6.07) is 14.4. The number of hydrogen-bond acceptors (Lipinski definition) is 5. The number of aryl methyl sites for hydroxylation is 1. The highest BCUT2D eigenvalue weighted by molar-refractivity contribution is 8.26. The lowest BCUT2D eigenvalue weighted by Crippen LogP contribution is -2.44. The molecule has 0 saturated carbocycles. The van der Waals surface area contributed by atoms with Crippen molar-refractivity contribution in [2.75, 3.05) is 7.11 Å². The molecule has 26 heavy (non-hydrogen) atoms. The number of carbonyl (C=O) groups excluding carboxylic acids is 2. The van der Waals surface area contributed by atoms with Gasteiger partial charge < -0.3 is 4.74 Å². The number of nitrogens with one attached hydrogen (secondary N) is 1. The van der Waals surface area contributed by atoms with Gasteiger partial charge in [0.1, 0.15) is 5.75 Å². The Hall–Kier alpha value is -2.64. The first kappa shape index (κ1) is 18.2. The zero-order valence-electron chi connectivity index (χ0n) is 14.2. The average Bonchev–Trinajstić information content (AvgIpc) is 2.91. The molecular weight excluding hydrogens is 368 g/mol. The molecule has 1 heterocycles.